The van der Waals surface area contributed by atoms with Crippen LogP contribution in [0, 0.1) is 12.8 Å². The van der Waals surface area contributed by atoms with E-state index in [4.69, 9.17) is 9.15 Å². The molecule has 1 heterocycles. The first-order valence-electron chi connectivity index (χ1n) is 7.92. The largest absolute Gasteiger partial charge is 0.495 e. The van der Waals surface area contributed by atoms with Crippen molar-refractivity contribution in [2.45, 2.75) is 43.5 Å². The summed E-state index contributed by atoms with van der Waals surface area (Å²) in [4.78, 5) is 0.170. The molecule has 1 aromatic heterocycles. The van der Waals surface area contributed by atoms with E-state index in [-0.39, 0.29) is 10.9 Å². The number of nitrogens with zero attached hydrogens (tertiary/aromatic N) is 2. The van der Waals surface area contributed by atoms with E-state index in [1.807, 2.05) is 0 Å². The summed E-state index contributed by atoms with van der Waals surface area (Å²) in [7, 11) is -2.14. The molecule has 0 bridgehead atoms. The summed E-state index contributed by atoms with van der Waals surface area (Å²) in [5, 5.41) is 7.83. The molecule has 3 rings (SSSR count). The quantitative estimate of drug-likeness (QED) is 0.856. The molecule has 1 aromatic carbocycles. The third-order valence-electron chi connectivity index (χ3n) is 4.25. The maximum absolute atomic E-state index is 12.6. The molecule has 1 fully saturated rings. The number of nitrogens with one attached hydrogen (secondary N) is 1. The van der Waals surface area contributed by atoms with Crippen LogP contribution in [0.3, 0.4) is 0 Å². The van der Waals surface area contributed by atoms with Crippen molar-refractivity contribution >= 4 is 10.0 Å². The predicted octanol–water partition coefficient (Wildman–Crippen LogP) is 2.08. The molecule has 8 heteroatoms. The highest BCUT2D eigenvalue weighted by molar-refractivity contribution is 7.89. The van der Waals surface area contributed by atoms with E-state index in [0.717, 1.165) is 19.3 Å². The molecule has 1 aliphatic rings. The highest BCUT2D eigenvalue weighted by Crippen LogP contribution is 2.30. The van der Waals surface area contributed by atoms with Crippen molar-refractivity contribution in [2.75, 3.05) is 7.11 Å². The molecule has 130 valence electrons. The second-order valence-electron chi connectivity index (χ2n) is 6.07. The molecule has 0 saturated heterocycles. The van der Waals surface area contributed by atoms with Gasteiger partial charge in [0.05, 0.1) is 7.11 Å². The molecule has 0 unspecified atom stereocenters. The molecule has 0 spiro atoms. The number of hydrogen-bond donors (Lipinski definition) is 1. The fraction of sp³-hybridized carbons (Fsp3) is 0.500. The molecular formula is C16H21N3O4S. The number of rotatable bonds is 6. The highest BCUT2D eigenvalue weighted by Gasteiger charge is 2.30. The monoisotopic (exact) mass is 351 g/mol. The third kappa shape index (κ3) is 3.76. The van der Waals surface area contributed by atoms with E-state index in [0.29, 0.717) is 29.9 Å². The lowest BCUT2D eigenvalue weighted by Gasteiger charge is -2.15. The zero-order valence-corrected chi connectivity index (χ0v) is 14.5. The number of para-hydroxylation sites is 1. The minimum atomic E-state index is -3.61. The van der Waals surface area contributed by atoms with Crippen LogP contribution in [0.25, 0.3) is 0 Å². The second-order valence-corrected chi connectivity index (χ2v) is 7.75. The summed E-state index contributed by atoms with van der Waals surface area (Å²) < 4.78 is 38.6. The normalized spacial score (nSPS) is 21.1. The molecule has 1 aliphatic carbocycles. The van der Waals surface area contributed by atoms with Gasteiger partial charge in [-0.2, -0.15) is 0 Å². The average Bonchev–Trinajstić information content (AvgIpc) is 3.16. The van der Waals surface area contributed by atoms with E-state index in [1.54, 1.807) is 31.2 Å². The molecule has 7 nitrogen and oxygen atoms in total. The van der Waals surface area contributed by atoms with Crippen LogP contribution < -0.4 is 9.46 Å². The van der Waals surface area contributed by atoms with Gasteiger partial charge >= 0.3 is 0 Å². The number of methoxy groups -OCH3 is 1. The number of ether oxygens (including phenoxy) is 1. The van der Waals surface area contributed by atoms with E-state index in [1.165, 1.54) is 7.11 Å². The van der Waals surface area contributed by atoms with Crippen LogP contribution in [0.1, 0.15) is 31.0 Å². The van der Waals surface area contributed by atoms with Gasteiger partial charge in [-0.05, 0) is 37.3 Å². The Kier molecular flexibility index (Phi) is 4.86. The number of sulfonamides is 1. The second kappa shape index (κ2) is 6.90. The number of hydrogen-bond acceptors (Lipinski definition) is 6. The van der Waals surface area contributed by atoms with Crippen LogP contribution in [-0.4, -0.2) is 31.8 Å². The summed E-state index contributed by atoms with van der Waals surface area (Å²) in [5.41, 5.74) is 0. The Morgan fingerprint density at radius 2 is 2.08 bits per heavy atom. The zero-order chi connectivity index (χ0) is 17.2. The average molecular weight is 351 g/mol. The maximum Gasteiger partial charge on any atom is 0.244 e. The number of aromatic nitrogens is 2. The molecule has 0 radical (unpaired) electrons. The topological polar surface area (TPSA) is 94.3 Å². The SMILES string of the molecule is COc1ccccc1S(=O)(=O)N[C@H]1CC[C@@H](Cc2nnc(C)o2)C1. The van der Waals surface area contributed by atoms with E-state index < -0.39 is 10.0 Å². The predicted molar refractivity (Wildman–Crippen MR) is 87.2 cm³/mol. The van der Waals surface area contributed by atoms with Gasteiger partial charge in [0.2, 0.25) is 21.8 Å². The Morgan fingerprint density at radius 3 is 2.79 bits per heavy atom. The van der Waals surface area contributed by atoms with Gasteiger partial charge in [-0.3, -0.25) is 0 Å². The van der Waals surface area contributed by atoms with Gasteiger partial charge in [0.1, 0.15) is 10.6 Å². The Bertz CT molecular complexity index is 803. The lowest BCUT2D eigenvalue weighted by Crippen LogP contribution is -2.33. The van der Waals surface area contributed by atoms with E-state index in [2.05, 4.69) is 14.9 Å². The summed E-state index contributed by atoms with van der Waals surface area (Å²) in [6, 6.07) is 6.54. The Balaban J connectivity index is 1.64. The van der Waals surface area contributed by atoms with Gasteiger partial charge in [-0.1, -0.05) is 12.1 Å². The van der Waals surface area contributed by atoms with Gasteiger partial charge < -0.3 is 9.15 Å². The van der Waals surface area contributed by atoms with Crippen molar-refractivity contribution in [3.05, 3.63) is 36.0 Å². The fourth-order valence-electron chi connectivity index (χ4n) is 3.16. The molecule has 1 N–H and O–H groups in total. The molecule has 0 aliphatic heterocycles. The van der Waals surface area contributed by atoms with Crippen LogP contribution in [0.5, 0.6) is 5.75 Å². The minimum Gasteiger partial charge on any atom is -0.495 e. The standard InChI is InChI=1S/C16H21N3O4S/c1-11-17-18-16(23-11)10-12-7-8-13(9-12)19-24(20,21)15-6-4-3-5-14(15)22-2/h3-6,12-13,19H,7-10H2,1-2H3/t12-,13+/m1/s1. The minimum absolute atomic E-state index is 0.0890. The third-order valence-corrected chi connectivity index (χ3v) is 5.81. The molecule has 1 saturated carbocycles. The molecule has 2 atom stereocenters. The van der Waals surface area contributed by atoms with Crippen molar-refractivity contribution < 1.29 is 17.6 Å². The Labute approximate surface area is 141 Å². The first-order chi connectivity index (χ1) is 11.5. The molecular weight excluding hydrogens is 330 g/mol. The van der Waals surface area contributed by atoms with Crippen molar-refractivity contribution in [3.63, 3.8) is 0 Å². The first kappa shape index (κ1) is 16.9. The van der Waals surface area contributed by atoms with Crippen LogP contribution >= 0.6 is 0 Å². The maximum atomic E-state index is 12.6. The Hall–Kier alpha value is -1.93. The summed E-state index contributed by atoms with van der Waals surface area (Å²) in [6.07, 6.45) is 3.18. The smallest absolute Gasteiger partial charge is 0.244 e. The first-order valence-corrected chi connectivity index (χ1v) is 9.40. The molecule has 24 heavy (non-hydrogen) atoms. The Morgan fingerprint density at radius 1 is 1.29 bits per heavy atom. The number of benzene rings is 1. The zero-order valence-electron chi connectivity index (χ0n) is 13.7. The summed E-state index contributed by atoms with van der Waals surface area (Å²) in [6.45, 7) is 1.76. The highest BCUT2D eigenvalue weighted by atomic mass is 32.2. The van der Waals surface area contributed by atoms with Crippen molar-refractivity contribution in [1.82, 2.24) is 14.9 Å². The lowest BCUT2D eigenvalue weighted by molar-refractivity contribution is 0.401. The van der Waals surface area contributed by atoms with Crippen LogP contribution in [-0.2, 0) is 16.4 Å². The van der Waals surface area contributed by atoms with Crippen molar-refractivity contribution in [2.24, 2.45) is 5.92 Å². The van der Waals surface area contributed by atoms with Gasteiger partial charge in [-0.15, -0.1) is 10.2 Å². The van der Waals surface area contributed by atoms with Crippen LogP contribution in [0.4, 0.5) is 0 Å². The molecule has 0 amide bonds. The van der Waals surface area contributed by atoms with Gasteiger partial charge in [0, 0.05) is 19.4 Å². The fourth-order valence-corrected chi connectivity index (χ4v) is 4.61. The van der Waals surface area contributed by atoms with E-state index >= 15 is 0 Å². The summed E-state index contributed by atoms with van der Waals surface area (Å²) in [5.74, 6) is 1.86. The van der Waals surface area contributed by atoms with E-state index in [9.17, 15) is 8.42 Å². The van der Waals surface area contributed by atoms with Crippen LogP contribution in [0.15, 0.2) is 33.6 Å². The van der Waals surface area contributed by atoms with Gasteiger partial charge in [-0.25, -0.2) is 13.1 Å². The van der Waals surface area contributed by atoms with Crippen LogP contribution in [0.2, 0.25) is 0 Å². The van der Waals surface area contributed by atoms with Gasteiger partial charge in [0.25, 0.3) is 0 Å². The summed E-state index contributed by atoms with van der Waals surface area (Å²) >= 11 is 0. The van der Waals surface area contributed by atoms with Gasteiger partial charge in [0.15, 0.2) is 0 Å². The van der Waals surface area contributed by atoms with Crippen molar-refractivity contribution in [1.29, 1.82) is 0 Å². The van der Waals surface area contributed by atoms with Crippen molar-refractivity contribution in [3.8, 4) is 5.75 Å². The molecule has 2 aromatic rings. The number of aryl methyl sites for hydroxylation is 1. The lowest BCUT2D eigenvalue weighted by atomic mass is 10.0.